The summed E-state index contributed by atoms with van der Waals surface area (Å²) < 4.78 is 16.7. The van der Waals surface area contributed by atoms with Gasteiger partial charge in [-0.3, -0.25) is 14.4 Å². The molecule has 0 saturated carbocycles. The number of esters is 3. The van der Waals surface area contributed by atoms with Gasteiger partial charge in [-0.1, -0.05) is 219 Å². The van der Waals surface area contributed by atoms with Crippen LogP contribution in [0.5, 0.6) is 0 Å². The van der Waals surface area contributed by atoms with Crippen LogP contribution in [0.25, 0.3) is 0 Å². The molecule has 0 heterocycles. The molecule has 382 valence electrons. The molecule has 0 N–H and O–H groups in total. The average molecular weight is 939 g/mol. The molecule has 0 radical (unpaired) electrons. The van der Waals surface area contributed by atoms with Crippen molar-refractivity contribution in [2.75, 3.05) is 13.2 Å². The number of allylic oxidation sites excluding steroid dienone is 22. The van der Waals surface area contributed by atoms with Crippen LogP contribution in [0.2, 0.25) is 0 Å². The lowest BCUT2D eigenvalue weighted by Crippen LogP contribution is -2.30. The van der Waals surface area contributed by atoms with Gasteiger partial charge in [0, 0.05) is 19.3 Å². The second-order valence-electron chi connectivity index (χ2n) is 17.4. The molecule has 0 aromatic carbocycles. The molecule has 6 heteroatoms. The highest BCUT2D eigenvalue weighted by atomic mass is 16.6. The maximum Gasteiger partial charge on any atom is 0.306 e. The van der Waals surface area contributed by atoms with Crippen LogP contribution in [0.3, 0.4) is 0 Å². The van der Waals surface area contributed by atoms with E-state index in [0.29, 0.717) is 25.7 Å². The van der Waals surface area contributed by atoms with E-state index in [9.17, 15) is 14.4 Å². The summed E-state index contributed by atoms with van der Waals surface area (Å²) in [7, 11) is 0. The Labute approximate surface area is 417 Å². The van der Waals surface area contributed by atoms with Gasteiger partial charge >= 0.3 is 17.9 Å². The van der Waals surface area contributed by atoms with Crippen LogP contribution in [0.15, 0.2) is 134 Å². The van der Waals surface area contributed by atoms with Crippen LogP contribution in [-0.2, 0) is 28.6 Å². The van der Waals surface area contributed by atoms with Gasteiger partial charge in [-0.15, -0.1) is 0 Å². The van der Waals surface area contributed by atoms with E-state index in [1.165, 1.54) is 44.9 Å². The van der Waals surface area contributed by atoms with Crippen LogP contribution < -0.4 is 0 Å². The molecule has 0 aliphatic carbocycles. The van der Waals surface area contributed by atoms with E-state index in [4.69, 9.17) is 14.2 Å². The summed E-state index contributed by atoms with van der Waals surface area (Å²) in [6, 6.07) is 0. The average Bonchev–Trinajstić information content (AvgIpc) is 3.34. The Morgan fingerprint density at radius 1 is 0.309 bits per heavy atom. The van der Waals surface area contributed by atoms with Crippen molar-refractivity contribution in [1.82, 2.24) is 0 Å². The lowest BCUT2D eigenvalue weighted by Gasteiger charge is -2.18. The van der Waals surface area contributed by atoms with Gasteiger partial charge in [-0.25, -0.2) is 0 Å². The van der Waals surface area contributed by atoms with Gasteiger partial charge in [0.15, 0.2) is 6.10 Å². The molecule has 0 saturated heterocycles. The van der Waals surface area contributed by atoms with Gasteiger partial charge in [0.25, 0.3) is 0 Å². The predicted molar refractivity (Wildman–Crippen MR) is 292 cm³/mol. The molecular formula is C62H98O6. The monoisotopic (exact) mass is 939 g/mol. The van der Waals surface area contributed by atoms with Gasteiger partial charge in [0.2, 0.25) is 0 Å². The standard InChI is InChI=1S/C62H98O6/c1-4-7-10-13-16-18-20-22-24-26-27-28-29-30-31-32-33-34-35-37-38-40-42-44-46-49-52-55-61(64)67-58-59(57-66-60(63)54-51-48-15-12-9-6-3)68-62(65)56-53-50-47-45-43-41-39-36-25-23-21-19-17-14-11-8-5-2/h7-8,10-11,16-19,22-25,27-28,30-31,33-34,37-38,42,44,59H,4-6,9,12-15,20-21,26,29,32,35-36,39-41,43,45-58H2,1-3H3/b10-7-,11-8-,18-16-,19-17-,24-22-,25-23-,28-27-,31-30-,34-33-,38-37-,44-42-. The third kappa shape index (κ3) is 52.5. The zero-order valence-corrected chi connectivity index (χ0v) is 43.6. The number of unbranched alkanes of at least 4 members (excludes halogenated alkanes) is 14. The second kappa shape index (κ2) is 55.1. The minimum Gasteiger partial charge on any atom is -0.462 e. The molecule has 0 spiro atoms. The van der Waals surface area contributed by atoms with Gasteiger partial charge in [0.1, 0.15) is 13.2 Å². The molecule has 0 aliphatic heterocycles. The van der Waals surface area contributed by atoms with Crippen molar-refractivity contribution in [1.29, 1.82) is 0 Å². The van der Waals surface area contributed by atoms with E-state index in [1.54, 1.807) is 0 Å². The summed E-state index contributed by atoms with van der Waals surface area (Å²) in [4.78, 5) is 37.8. The largest absolute Gasteiger partial charge is 0.462 e. The van der Waals surface area contributed by atoms with E-state index < -0.39 is 6.10 Å². The van der Waals surface area contributed by atoms with Crippen molar-refractivity contribution in [2.45, 2.75) is 226 Å². The van der Waals surface area contributed by atoms with Crippen molar-refractivity contribution >= 4 is 17.9 Å². The summed E-state index contributed by atoms with van der Waals surface area (Å²) in [6.45, 7) is 6.29. The third-order valence-electron chi connectivity index (χ3n) is 10.9. The molecule has 1 atom stereocenters. The first-order valence-corrected chi connectivity index (χ1v) is 27.2. The second-order valence-corrected chi connectivity index (χ2v) is 17.4. The maximum atomic E-state index is 12.8. The smallest absolute Gasteiger partial charge is 0.306 e. The fourth-order valence-electron chi connectivity index (χ4n) is 6.88. The van der Waals surface area contributed by atoms with Crippen LogP contribution in [0, 0.1) is 0 Å². The summed E-state index contributed by atoms with van der Waals surface area (Å²) in [6.07, 6.45) is 77.5. The molecule has 0 aliphatic rings. The first-order valence-electron chi connectivity index (χ1n) is 27.2. The number of hydrogen-bond acceptors (Lipinski definition) is 6. The summed E-state index contributed by atoms with van der Waals surface area (Å²) >= 11 is 0. The van der Waals surface area contributed by atoms with Crippen LogP contribution >= 0.6 is 0 Å². The highest BCUT2D eigenvalue weighted by molar-refractivity contribution is 5.71. The molecule has 0 amide bonds. The minimum absolute atomic E-state index is 0.100. The molecule has 6 nitrogen and oxygen atoms in total. The first-order chi connectivity index (χ1) is 33.5. The van der Waals surface area contributed by atoms with E-state index in [0.717, 1.165) is 128 Å². The van der Waals surface area contributed by atoms with Gasteiger partial charge < -0.3 is 14.2 Å². The maximum absolute atomic E-state index is 12.8. The minimum atomic E-state index is -0.802. The lowest BCUT2D eigenvalue weighted by molar-refractivity contribution is -0.167. The fraction of sp³-hybridized carbons (Fsp3) is 0.597. The van der Waals surface area contributed by atoms with E-state index in [-0.39, 0.29) is 31.1 Å². The lowest BCUT2D eigenvalue weighted by atomic mass is 10.1. The Hall–Kier alpha value is -4.45. The molecule has 0 aromatic rings. The molecule has 0 aromatic heterocycles. The van der Waals surface area contributed by atoms with E-state index in [1.807, 2.05) is 0 Å². The predicted octanol–water partition coefficient (Wildman–Crippen LogP) is 18.3. The first kappa shape index (κ1) is 63.5. The number of carbonyl (C=O) groups excluding carboxylic acids is 3. The van der Waals surface area contributed by atoms with Crippen LogP contribution in [0.4, 0.5) is 0 Å². The van der Waals surface area contributed by atoms with Gasteiger partial charge in [-0.2, -0.15) is 0 Å². The SMILES string of the molecule is CC/C=C\C/C=C\C/C=C\C/C=C\C/C=C\C/C=C\C/C=C\C/C=C\CCCCC(=O)OCC(COC(=O)CCCCCCCC)OC(=O)CCCCCCCCC/C=C\C/C=C\C/C=C\CC. The molecule has 0 fully saturated rings. The quantitative estimate of drug-likeness (QED) is 0.0262. The number of ether oxygens (including phenoxy) is 3. The number of hydrogen-bond donors (Lipinski definition) is 0. The Kier molecular flexibility index (Phi) is 51.5. The van der Waals surface area contributed by atoms with Crippen LogP contribution in [0.1, 0.15) is 220 Å². The summed E-state index contributed by atoms with van der Waals surface area (Å²) in [5.74, 6) is -0.974. The number of rotatable bonds is 47. The molecule has 1 unspecified atom stereocenters. The summed E-state index contributed by atoms with van der Waals surface area (Å²) in [5.41, 5.74) is 0. The van der Waals surface area contributed by atoms with Crippen molar-refractivity contribution in [3.05, 3.63) is 134 Å². The Morgan fingerprint density at radius 3 is 0.926 bits per heavy atom. The Bertz CT molecular complexity index is 1500. The third-order valence-corrected chi connectivity index (χ3v) is 10.9. The molecule has 0 rings (SSSR count). The normalized spacial score (nSPS) is 13.2. The zero-order valence-electron chi connectivity index (χ0n) is 43.6. The van der Waals surface area contributed by atoms with Crippen molar-refractivity contribution in [3.8, 4) is 0 Å². The topological polar surface area (TPSA) is 78.9 Å². The Morgan fingerprint density at radius 2 is 0.574 bits per heavy atom. The highest BCUT2D eigenvalue weighted by Gasteiger charge is 2.19. The van der Waals surface area contributed by atoms with Gasteiger partial charge in [0.05, 0.1) is 0 Å². The molecular weight excluding hydrogens is 841 g/mol. The van der Waals surface area contributed by atoms with Crippen molar-refractivity contribution in [3.63, 3.8) is 0 Å². The highest BCUT2D eigenvalue weighted by Crippen LogP contribution is 2.13. The van der Waals surface area contributed by atoms with E-state index >= 15 is 0 Å². The van der Waals surface area contributed by atoms with Crippen molar-refractivity contribution in [2.24, 2.45) is 0 Å². The molecule has 0 bridgehead atoms. The summed E-state index contributed by atoms with van der Waals surface area (Å²) in [5, 5.41) is 0. The Balaban J connectivity index is 4.30. The zero-order chi connectivity index (χ0) is 49.3. The fourth-order valence-corrected chi connectivity index (χ4v) is 6.88. The number of carbonyl (C=O) groups is 3. The van der Waals surface area contributed by atoms with Crippen LogP contribution in [-0.4, -0.2) is 37.2 Å². The molecule has 68 heavy (non-hydrogen) atoms. The van der Waals surface area contributed by atoms with E-state index in [2.05, 4.69) is 154 Å². The van der Waals surface area contributed by atoms with Gasteiger partial charge in [-0.05, 0) is 116 Å². The van der Waals surface area contributed by atoms with Crippen molar-refractivity contribution < 1.29 is 28.6 Å².